The molecule has 2 aliphatic rings. The minimum absolute atomic E-state index is 0.137. The van der Waals surface area contributed by atoms with Gasteiger partial charge in [0, 0.05) is 6.54 Å². The molecule has 0 spiro atoms. The van der Waals surface area contributed by atoms with Crippen molar-refractivity contribution >= 4 is 5.91 Å². The molecule has 1 N–H and O–H groups in total. The molecule has 1 unspecified atom stereocenters. The Balaban J connectivity index is 2.23. The smallest absolute Gasteiger partial charge is 0.228 e. The molecule has 0 radical (unpaired) electrons. The molecule has 0 aliphatic carbocycles. The number of aliphatic hydroxyl groups excluding tert-OH is 1. The highest BCUT2D eigenvalue weighted by Gasteiger charge is 2.46. The van der Waals surface area contributed by atoms with Crippen LogP contribution in [-0.2, 0) is 4.79 Å². The fourth-order valence-electron chi connectivity index (χ4n) is 2.16. The summed E-state index contributed by atoms with van der Waals surface area (Å²) in [7, 11) is 0. The summed E-state index contributed by atoms with van der Waals surface area (Å²) in [6.45, 7) is 2.66. The van der Waals surface area contributed by atoms with E-state index in [2.05, 4.69) is 0 Å². The highest BCUT2D eigenvalue weighted by Crippen LogP contribution is 2.32. The molecular formula is C8H13NO2. The topological polar surface area (TPSA) is 40.5 Å². The molecule has 3 atom stereocenters. The molecule has 0 aromatic carbocycles. The van der Waals surface area contributed by atoms with Gasteiger partial charge in [0.2, 0.25) is 5.91 Å². The van der Waals surface area contributed by atoms with E-state index in [1.807, 2.05) is 11.8 Å². The Kier molecular flexibility index (Phi) is 1.42. The number of rotatable bonds is 0. The molecule has 2 aliphatic heterocycles. The van der Waals surface area contributed by atoms with Gasteiger partial charge in [0.1, 0.15) is 0 Å². The predicted octanol–water partition coefficient (Wildman–Crippen LogP) is -0.0120. The number of aliphatic hydroxyl groups is 1. The van der Waals surface area contributed by atoms with Gasteiger partial charge in [0.05, 0.1) is 18.1 Å². The summed E-state index contributed by atoms with van der Waals surface area (Å²) in [6.07, 6.45) is 1.63. The SMILES string of the molecule is C[C@H]1C(=O)N2CCCC2[C@H]1O. The average Bonchev–Trinajstić information content (AvgIpc) is 2.53. The van der Waals surface area contributed by atoms with Crippen LogP contribution in [0.4, 0.5) is 0 Å². The van der Waals surface area contributed by atoms with E-state index >= 15 is 0 Å². The normalized spacial score (nSPS) is 43.3. The molecule has 0 aromatic heterocycles. The lowest BCUT2D eigenvalue weighted by atomic mass is 10.0. The second-order valence-corrected chi connectivity index (χ2v) is 3.52. The van der Waals surface area contributed by atoms with Crippen molar-refractivity contribution in [3.8, 4) is 0 Å². The molecule has 0 bridgehead atoms. The molecule has 2 fully saturated rings. The molecule has 2 heterocycles. The van der Waals surface area contributed by atoms with Crippen LogP contribution in [0.3, 0.4) is 0 Å². The van der Waals surface area contributed by atoms with Crippen molar-refractivity contribution in [2.75, 3.05) is 6.54 Å². The van der Waals surface area contributed by atoms with Gasteiger partial charge in [-0.2, -0.15) is 0 Å². The summed E-state index contributed by atoms with van der Waals surface area (Å²) in [5, 5.41) is 9.58. The Bertz CT molecular complexity index is 193. The van der Waals surface area contributed by atoms with E-state index in [1.54, 1.807) is 0 Å². The van der Waals surface area contributed by atoms with Crippen molar-refractivity contribution in [3.63, 3.8) is 0 Å². The first-order valence-electron chi connectivity index (χ1n) is 4.20. The largest absolute Gasteiger partial charge is 0.390 e. The van der Waals surface area contributed by atoms with Crippen LogP contribution in [0.1, 0.15) is 19.8 Å². The third-order valence-electron chi connectivity index (χ3n) is 2.88. The van der Waals surface area contributed by atoms with E-state index in [4.69, 9.17) is 0 Å². The Hall–Kier alpha value is -0.570. The van der Waals surface area contributed by atoms with E-state index in [0.717, 1.165) is 19.4 Å². The molecule has 62 valence electrons. The van der Waals surface area contributed by atoms with Gasteiger partial charge >= 0.3 is 0 Å². The summed E-state index contributed by atoms with van der Waals surface area (Å²) in [5.41, 5.74) is 0. The van der Waals surface area contributed by atoms with Gasteiger partial charge in [0.15, 0.2) is 0 Å². The van der Waals surface area contributed by atoms with Gasteiger partial charge < -0.3 is 10.0 Å². The highest BCUT2D eigenvalue weighted by atomic mass is 16.3. The summed E-state index contributed by atoms with van der Waals surface area (Å²) in [6, 6.07) is 0.137. The van der Waals surface area contributed by atoms with Crippen molar-refractivity contribution in [1.82, 2.24) is 4.90 Å². The second-order valence-electron chi connectivity index (χ2n) is 3.52. The van der Waals surface area contributed by atoms with Gasteiger partial charge in [-0.05, 0) is 12.8 Å². The number of fused-ring (bicyclic) bond motifs is 1. The molecule has 2 rings (SSSR count). The van der Waals surface area contributed by atoms with Crippen LogP contribution in [-0.4, -0.2) is 34.6 Å². The zero-order valence-electron chi connectivity index (χ0n) is 6.66. The summed E-state index contributed by atoms with van der Waals surface area (Å²) < 4.78 is 0. The Morgan fingerprint density at radius 1 is 1.64 bits per heavy atom. The van der Waals surface area contributed by atoms with Gasteiger partial charge in [-0.15, -0.1) is 0 Å². The molecule has 1 amide bonds. The van der Waals surface area contributed by atoms with E-state index in [1.165, 1.54) is 0 Å². The lowest BCUT2D eigenvalue weighted by molar-refractivity contribution is -0.130. The number of hydrogen-bond acceptors (Lipinski definition) is 2. The fraction of sp³-hybridized carbons (Fsp3) is 0.875. The van der Waals surface area contributed by atoms with Gasteiger partial charge in [-0.25, -0.2) is 0 Å². The summed E-state index contributed by atoms with van der Waals surface area (Å²) >= 11 is 0. The number of carbonyl (C=O) groups is 1. The third kappa shape index (κ3) is 0.805. The fourth-order valence-corrected chi connectivity index (χ4v) is 2.16. The number of nitrogens with zero attached hydrogens (tertiary/aromatic N) is 1. The van der Waals surface area contributed by atoms with E-state index in [0.29, 0.717) is 0 Å². The van der Waals surface area contributed by atoms with E-state index < -0.39 is 6.10 Å². The van der Waals surface area contributed by atoms with Gasteiger partial charge in [0.25, 0.3) is 0 Å². The number of amides is 1. The first-order valence-corrected chi connectivity index (χ1v) is 4.20. The van der Waals surface area contributed by atoms with Gasteiger partial charge in [-0.3, -0.25) is 4.79 Å². The maximum absolute atomic E-state index is 11.4. The van der Waals surface area contributed by atoms with Crippen molar-refractivity contribution in [2.45, 2.75) is 31.9 Å². The highest BCUT2D eigenvalue weighted by molar-refractivity contribution is 5.82. The van der Waals surface area contributed by atoms with Crippen molar-refractivity contribution in [1.29, 1.82) is 0 Å². The van der Waals surface area contributed by atoms with Crippen molar-refractivity contribution in [2.24, 2.45) is 5.92 Å². The van der Waals surface area contributed by atoms with Crippen LogP contribution in [0.2, 0.25) is 0 Å². The quantitative estimate of drug-likeness (QED) is 0.534. The van der Waals surface area contributed by atoms with E-state index in [9.17, 15) is 9.90 Å². The van der Waals surface area contributed by atoms with Crippen LogP contribution in [0.5, 0.6) is 0 Å². The Labute approximate surface area is 66.0 Å². The Morgan fingerprint density at radius 3 is 3.00 bits per heavy atom. The average molecular weight is 155 g/mol. The number of carbonyl (C=O) groups excluding carboxylic acids is 1. The minimum atomic E-state index is -0.412. The molecule has 0 aromatic rings. The minimum Gasteiger partial charge on any atom is -0.390 e. The van der Waals surface area contributed by atoms with Crippen LogP contribution in [0.15, 0.2) is 0 Å². The zero-order chi connectivity index (χ0) is 8.01. The second kappa shape index (κ2) is 2.21. The van der Waals surface area contributed by atoms with Crippen LogP contribution >= 0.6 is 0 Å². The van der Waals surface area contributed by atoms with Crippen LogP contribution in [0.25, 0.3) is 0 Å². The summed E-state index contributed by atoms with van der Waals surface area (Å²) in [5.74, 6) is -0.0275. The predicted molar refractivity (Wildman–Crippen MR) is 39.9 cm³/mol. The molecule has 3 heteroatoms. The molecule has 3 nitrogen and oxygen atoms in total. The summed E-state index contributed by atoms with van der Waals surface area (Å²) in [4.78, 5) is 13.2. The Morgan fingerprint density at radius 2 is 2.36 bits per heavy atom. The van der Waals surface area contributed by atoms with Crippen LogP contribution < -0.4 is 0 Å². The maximum Gasteiger partial charge on any atom is 0.228 e. The van der Waals surface area contributed by atoms with Crippen LogP contribution in [0, 0.1) is 5.92 Å². The van der Waals surface area contributed by atoms with Gasteiger partial charge in [-0.1, -0.05) is 6.92 Å². The lowest BCUT2D eigenvalue weighted by Gasteiger charge is -2.15. The maximum atomic E-state index is 11.4. The van der Waals surface area contributed by atoms with E-state index in [-0.39, 0.29) is 17.9 Å². The molecule has 0 saturated carbocycles. The first kappa shape index (κ1) is 7.10. The standard InChI is InChI=1S/C8H13NO2/c1-5-7(10)6-3-2-4-9(6)8(5)11/h5-7,10H,2-4H2,1H3/t5-,6?,7+/m1/s1. The van der Waals surface area contributed by atoms with Crippen molar-refractivity contribution < 1.29 is 9.90 Å². The zero-order valence-corrected chi connectivity index (χ0v) is 6.66. The lowest BCUT2D eigenvalue weighted by Crippen LogP contribution is -2.30. The molecule has 11 heavy (non-hydrogen) atoms. The van der Waals surface area contributed by atoms with Crippen molar-refractivity contribution in [3.05, 3.63) is 0 Å². The first-order chi connectivity index (χ1) is 5.22. The number of hydrogen-bond donors (Lipinski definition) is 1. The molecular weight excluding hydrogens is 142 g/mol. The third-order valence-corrected chi connectivity index (χ3v) is 2.88. The molecule has 2 saturated heterocycles. The monoisotopic (exact) mass is 155 g/mol.